The highest BCUT2D eigenvalue weighted by molar-refractivity contribution is 8.00. The van der Waals surface area contributed by atoms with Gasteiger partial charge in [0.1, 0.15) is 6.54 Å². The number of thiazole rings is 1. The molecule has 2 amide bonds. The molecule has 9 heteroatoms. The van der Waals surface area contributed by atoms with Crippen molar-refractivity contribution in [1.82, 2.24) is 9.88 Å². The lowest BCUT2D eigenvalue weighted by molar-refractivity contribution is -0.130. The van der Waals surface area contributed by atoms with E-state index < -0.39 is 0 Å². The van der Waals surface area contributed by atoms with Crippen LogP contribution >= 0.6 is 46.3 Å². The van der Waals surface area contributed by atoms with Crippen molar-refractivity contribution in [3.63, 3.8) is 0 Å². The molecule has 1 aromatic heterocycles. The van der Waals surface area contributed by atoms with Gasteiger partial charge in [0.15, 0.2) is 5.13 Å². The number of amides is 2. The minimum Gasteiger partial charge on any atom is -0.323 e. The molecule has 0 unspecified atom stereocenters. The van der Waals surface area contributed by atoms with Crippen LogP contribution < -0.4 is 5.32 Å². The number of aromatic nitrogens is 1. The van der Waals surface area contributed by atoms with Gasteiger partial charge in [-0.1, -0.05) is 29.3 Å². The maximum Gasteiger partial charge on any atom is 0.245 e. The zero-order valence-corrected chi connectivity index (χ0v) is 15.6. The predicted molar refractivity (Wildman–Crippen MR) is 99.0 cm³/mol. The number of hydrogen-bond acceptors (Lipinski definition) is 5. The number of nitrogens with one attached hydrogen (secondary N) is 1. The number of anilines is 1. The fraction of sp³-hybridized carbons (Fsp3) is 0.267. The molecule has 24 heavy (non-hydrogen) atoms. The number of nitrogens with zero attached hydrogens (tertiary/aromatic N) is 2. The molecular weight excluding hydrogens is 389 g/mol. The van der Waals surface area contributed by atoms with Crippen molar-refractivity contribution in [1.29, 1.82) is 0 Å². The zero-order chi connectivity index (χ0) is 17.1. The van der Waals surface area contributed by atoms with E-state index in [1.165, 1.54) is 28.0 Å². The van der Waals surface area contributed by atoms with Gasteiger partial charge in [0.05, 0.1) is 11.6 Å². The molecule has 5 nitrogen and oxygen atoms in total. The van der Waals surface area contributed by atoms with Crippen LogP contribution in [0.25, 0.3) is 0 Å². The molecule has 0 bridgehead atoms. The Labute approximate surface area is 157 Å². The second kappa shape index (κ2) is 7.74. The van der Waals surface area contributed by atoms with Gasteiger partial charge < -0.3 is 10.2 Å². The van der Waals surface area contributed by atoms with Crippen molar-refractivity contribution in [2.24, 2.45) is 0 Å². The molecule has 0 radical (unpaired) electrons. The minimum absolute atomic E-state index is 0.00708. The summed E-state index contributed by atoms with van der Waals surface area (Å²) in [5, 5.41) is 4.44. The number of rotatable bonds is 5. The van der Waals surface area contributed by atoms with E-state index in [-0.39, 0.29) is 18.4 Å². The lowest BCUT2D eigenvalue weighted by Gasteiger charge is -2.12. The van der Waals surface area contributed by atoms with E-state index in [4.69, 9.17) is 23.2 Å². The molecular formula is C15H13Cl2N3O2S2. The van der Waals surface area contributed by atoms with E-state index in [0.29, 0.717) is 33.2 Å². The Morgan fingerprint density at radius 2 is 2.21 bits per heavy atom. The third-order valence-corrected chi connectivity index (χ3v) is 5.78. The zero-order valence-electron chi connectivity index (χ0n) is 12.4. The average molecular weight is 402 g/mol. The fourth-order valence-electron chi connectivity index (χ4n) is 2.17. The number of carbonyl (C=O) groups is 2. The molecule has 0 saturated carbocycles. The molecule has 126 valence electrons. The normalized spacial score (nSPS) is 14.2. The van der Waals surface area contributed by atoms with Crippen LogP contribution in [0, 0.1) is 0 Å². The quantitative estimate of drug-likeness (QED) is 0.832. The van der Waals surface area contributed by atoms with Crippen LogP contribution in [0.3, 0.4) is 0 Å². The first-order chi connectivity index (χ1) is 11.5. The summed E-state index contributed by atoms with van der Waals surface area (Å²) in [5.41, 5.74) is 0.947. The van der Waals surface area contributed by atoms with Crippen LogP contribution in [0.5, 0.6) is 0 Å². The molecule has 1 aliphatic heterocycles. The molecule has 1 aromatic carbocycles. The van der Waals surface area contributed by atoms with Crippen LogP contribution in [0.2, 0.25) is 10.0 Å². The molecule has 0 atom stereocenters. The van der Waals surface area contributed by atoms with Gasteiger partial charge in [0.2, 0.25) is 11.8 Å². The van der Waals surface area contributed by atoms with E-state index in [1.54, 1.807) is 18.3 Å². The molecule has 1 fully saturated rings. The largest absolute Gasteiger partial charge is 0.323 e. The van der Waals surface area contributed by atoms with Crippen LogP contribution in [0.15, 0.2) is 24.4 Å². The molecule has 2 heterocycles. The second-order valence-electron chi connectivity index (χ2n) is 5.16. The van der Waals surface area contributed by atoms with Crippen LogP contribution in [0.4, 0.5) is 5.13 Å². The standard InChI is InChI=1S/C15H13Cl2N3O2S2/c16-10-2-1-9(12(17)4-10)3-11-5-18-15(24-11)19-13(21)6-20-8-23-7-14(20)22/h1-2,4-5H,3,6-8H2,(H,18,19,21). The Kier molecular flexibility index (Phi) is 5.65. The Bertz CT molecular complexity index is 782. The summed E-state index contributed by atoms with van der Waals surface area (Å²) >= 11 is 15.0. The maximum absolute atomic E-state index is 12.0. The van der Waals surface area contributed by atoms with Gasteiger partial charge in [-0.15, -0.1) is 23.1 Å². The summed E-state index contributed by atoms with van der Waals surface area (Å²) in [6.45, 7) is 0.0593. The molecule has 0 aliphatic carbocycles. The smallest absolute Gasteiger partial charge is 0.245 e. The Morgan fingerprint density at radius 3 is 2.92 bits per heavy atom. The summed E-state index contributed by atoms with van der Waals surface area (Å²) in [5.74, 6) is 0.754. The number of benzene rings is 1. The van der Waals surface area contributed by atoms with Gasteiger partial charge in [-0.3, -0.25) is 9.59 Å². The number of halogens is 2. The van der Waals surface area contributed by atoms with Crippen LogP contribution in [-0.4, -0.2) is 39.9 Å². The Hall–Kier alpha value is -1.28. The van der Waals surface area contributed by atoms with Gasteiger partial charge in [0.25, 0.3) is 0 Å². The fourth-order valence-corrected chi connectivity index (χ4v) is 4.40. The molecule has 1 N–H and O–H groups in total. The Balaban J connectivity index is 1.59. The summed E-state index contributed by atoms with van der Waals surface area (Å²) in [6.07, 6.45) is 2.33. The number of carbonyl (C=O) groups excluding carboxylic acids is 2. The van der Waals surface area contributed by atoms with Crippen LogP contribution in [-0.2, 0) is 16.0 Å². The van der Waals surface area contributed by atoms with Gasteiger partial charge in [-0.05, 0) is 17.7 Å². The third kappa shape index (κ3) is 4.42. The van der Waals surface area contributed by atoms with Gasteiger partial charge in [0, 0.05) is 27.5 Å². The van der Waals surface area contributed by atoms with Crippen molar-refractivity contribution < 1.29 is 9.59 Å². The summed E-state index contributed by atoms with van der Waals surface area (Å²) in [7, 11) is 0. The van der Waals surface area contributed by atoms with E-state index >= 15 is 0 Å². The average Bonchev–Trinajstić information content (AvgIpc) is 3.12. The first kappa shape index (κ1) is 17.5. The van der Waals surface area contributed by atoms with Crippen molar-refractivity contribution in [3.8, 4) is 0 Å². The van der Waals surface area contributed by atoms with E-state index in [1.807, 2.05) is 6.07 Å². The van der Waals surface area contributed by atoms with Gasteiger partial charge in [-0.2, -0.15) is 0 Å². The molecule has 2 aromatic rings. The van der Waals surface area contributed by atoms with Crippen molar-refractivity contribution in [2.45, 2.75) is 6.42 Å². The summed E-state index contributed by atoms with van der Waals surface area (Å²) in [4.78, 5) is 30.2. The summed E-state index contributed by atoms with van der Waals surface area (Å²) < 4.78 is 0. The topological polar surface area (TPSA) is 62.3 Å². The predicted octanol–water partition coefficient (Wildman–Crippen LogP) is 3.51. The lowest BCUT2D eigenvalue weighted by atomic mass is 10.1. The SMILES string of the molecule is O=C(CN1CSCC1=O)Nc1ncc(Cc2ccc(Cl)cc2Cl)s1. The van der Waals surface area contributed by atoms with E-state index in [2.05, 4.69) is 10.3 Å². The van der Waals surface area contributed by atoms with E-state index in [9.17, 15) is 9.59 Å². The molecule has 1 saturated heterocycles. The second-order valence-corrected chi connectivity index (χ2v) is 8.08. The third-order valence-electron chi connectivity index (χ3n) is 3.34. The monoisotopic (exact) mass is 401 g/mol. The summed E-state index contributed by atoms with van der Waals surface area (Å²) in [6, 6.07) is 5.37. The first-order valence-corrected chi connectivity index (χ1v) is 9.78. The molecule has 0 spiro atoms. The maximum atomic E-state index is 12.0. The van der Waals surface area contributed by atoms with Crippen molar-refractivity contribution >= 4 is 63.2 Å². The van der Waals surface area contributed by atoms with E-state index in [0.717, 1.165) is 10.4 Å². The number of thioether (sulfide) groups is 1. The molecule has 3 rings (SSSR count). The molecule has 1 aliphatic rings. The highest BCUT2D eigenvalue weighted by Crippen LogP contribution is 2.27. The lowest BCUT2D eigenvalue weighted by Crippen LogP contribution is -2.34. The van der Waals surface area contributed by atoms with Crippen molar-refractivity contribution in [2.75, 3.05) is 23.5 Å². The highest BCUT2D eigenvalue weighted by atomic mass is 35.5. The van der Waals surface area contributed by atoms with Gasteiger partial charge >= 0.3 is 0 Å². The van der Waals surface area contributed by atoms with Gasteiger partial charge in [-0.25, -0.2) is 4.98 Å². The Morgan fingerprint density at radius 1 is 1.38 bits per heavy atom. The highest BCUT2D eigenvalue weighted by Gasteiger charge is 2.23. The number of hydrogen-bond donors (Lipinski definition) is 1. The van der Waals surface area contributed by atoms with Crippen LogP contribution in [0.1, 0.15) is 10.4 Å². The minimum atomic E-state index is -0.240. The van der Waals surface area contributed by atoms with Crippen molar-refractivity contribution in [3.05, 3.63) is 44.9 Å². The first-order valence-electron chi connectivity index (χ1n) is 7.05.